The number of hydrogen-bond donors (Lipinski definition) is 1. The lowest BCUT2D eigenvalue weighted by atomic mass is 10.2. The van der Waals surface area contributed by atoms with Crippen LogP contribution >= 0.6 is 15.9 Å². The lowest BCUT2D eigenvalue weighted by Crippen LogP contribution is -2.13. The molecule has 0 aliphatic rings. The quantitative estimate of drug-likeness (QED) is 0.653. The van der Waals surface area contributed by atoms with Crippen molar-refractivity contribution in [2.75, 3.05) is 11.9 Å². The predicted octanol–water partition coefficient (Wildman–Crippen LogP) is 3.60. The summed E-state index contributed by atoms with van der Waals surface area (Å²) in [6.07, 6.45) is 1.34. The first kappa shape index (κ1) is 15.0. The number of amides is 1. The van der Waals surface area contributed by atoms with Crippen molar-refractivity contribution in [2.24, 2.45) is 0 Å². The highest BCUT2D eigenvalue weighted by Gasteiger charge is 2.20. The zero-order chi connectivity index (χ0) is 15.4. The number of rotatable bonds is 5. The molecule has 1 N–H and O–H groups in total. The van der Waals surface area contributed by atoms with Crippen molar-refractivity contribution in [3.63, 3.8) is 0 Å². The monoisotopic (exact) mass is 354 g/mol. The molecular formula is C13H11BrN2O5. The summed E-state index contributed by atoms with van der Waals surface area (Å²) in [6, 6.07) is 5.70. The fraction of sp³-hybridized carbons (Fsp3) is 0.154. The van der Waals surface area contributed by atoms with Crippen LogP contribution in [0.15, 0.2) is 39.6 Å². The average Bonchev–Trinajstić information content (AvgIpc) is 2.87. The number of ether oxygens (including phenoxy) is 1. The van der Waals surface area contributed by atoms with Gasteiger partial charge in [-0.1, -0.05) is 0 Å². The first-order valence-electron chi connectivity index (χ1n) is 5.98. The third-order valence-corrected chi connectivity index (χ3v) is 3.20. The molecule has 7 nitrogen and oxygen atoms in total. The van der Waals surface area contributed by atoms with Gasteiger partial charge in [-0.15, -0.1) is 0 Å². The van der Waals surface area contributed by atoms with Crippen LogP contribution in [0.5, 0.6) is 5.75 Å². The standard InChI is InChI=1S/C13H11BrN2O5/c1-2-20-8-3-4-10(11(7-8)16(18)19)15-13(17)9-5-6-21-12(9)14/h3-7H,2H2,1H3,(H,15,17). The molecular weight excluding hydrogens is 344 g/mol. The second-order valence-corrected chi connectivity index (χ2v) is 4.65. The molecule has 0 saturated heterocycles. The van der Waals surface area contributed by atoms with Crippen molar-refractivity contribution in [3.8, 4) is 5.75 Å². The van der Waals surface area contributed by atoms with E-state index in [1.165, 1.54) is 24.5 Å². The minimum absolute atomic E-state index is 0.0848. The van der Waals surface area contributed by atoms with E-state index in [4.69, 9.17) is 9.15 Å². The molecule has 0 atom stereocenters. The van der Waals surface area contributed by atoms with Gasteiger partial charge in [0.2, 0.25) is 0 Å². The van der Waals surface area contributed by atoms with Crippen LogP contribution in [0.1, 0.15) is 17.3 Å². The molecule has 1 aromatic carbocycles. The number of carbonyl (C=O) groups excluding carboxylic acids is 1. The maximum absolute atomic E-state index is 12.0. The molecule has 0 saturated carbocycles. The van der Waals surface area contributed by atoms with Crippen molar-refractivity contribution in [2.45, 2.75) is 6.92 Å². The molecule has 1 heterocycles. The molecule has 2 aromatic rings. The number of benzene rings is 1. The van der Waals surface area contributed by atoms with E-state index in [0.717, 1.165) is 0 Å². The van der Waals surface area contributed by atoms with Crippen LogP contribution in [0.4, 0.5) is 11.4 Å². The molecule has 0 unspecified atom stereocenters. The Kier molecular flexibility index (Phi) is 4.59. The van der Waals surface area contributed by atoms with Gasteiger partial charge in [0.05, 0.1) is 29.4 Å². The summed E-state index contributed by atoms with van der Waals surface area (Å²) >= 11 is 3.08. The van der Waals surface area contributed by atoms with Crippen LogP contribution in [0.2, 0.25) is 0 Å². The van der Waals surface area contributed by atoms with Crippen LogP contribution in [0.3, 0.4) is 0 Å². The molecule has 0 aliphatic heterocycles. The van der Waals surface area contributed by atoms with Gasteiger partial charge >= 0.3 is 0 Å². The second kappa shape index (κ2) is 6.40. The largest absolute Gasteiger partial charge is 0.494 e. The summed E-state index contributed by atoms with van der Waals surface area (Å²) in [6.45, 7) is 2.17. The van der Waals surface area contributed by atoms with Crippen LogP contribution < -0.4 is 10.1 Å². The fourth-order valence-corrected chi connectivity index (χ4v) is 2.09. The van der Waals surface area contributed by atoms with Gasteiger partial charge in [-0.3, -0.25) is 14.9 Å². The Hall–Kier alpha value is -2.35. The Labute approximate surface area is 128 Å². The van der Waals surface area contributed by atoms with E-state index in [1.807, 2.05) is 0 Å². The molecule has 0 radical (unpaired) electrons. The van der Waals surface area contributed by atoms with Crippen molar-refractivity contribution < 1.29 is 18.9 Å². The van der Waals surface area contributed by atoms with Gasteiger partial charge in [0, 0.05) is 0 Å². The molecule has 21 heavy (non-hydrogen) atoms. The Morgan fingerprint density at radius 3 is 2.81 bits per heavy atom. The summed E-state index contributed by atoms with van der Waals surface area (Å²) in [7, 11) is 0. The molecule has 1 amide bonds. The topological polar surface area (TPSA) is 94.6 Å². The van der Waals surface area contributed by atoms with Gasteiger partial charge < -0.3 is 14.5 Å². The third-order valence-electron chi connectivity index (χ3n) is 2.59. The Morgan fingerprint density at radius 1 is 1.48 bits per heavy atom. The number of nitrogens with zero attached hydrogens (tertiary/aromatic N) is 1. The molecule has 0 aliphatic carbocycles. The van der Waals surface area contributed by atoms with Crippen LogP contribution in [-0.2, 0) is 0 Å². The number of halogens is 1. The molecule has 1 aromatic heterocycles. The van der Waals surface area contributed by atoms with Crippen LogP contribution in [0, 0.1) is 10.1 Å². The normalized spacial score (nSPS) is 10.2. The number of carbonyl (C=O) groups is 1. The van der Waals surface area contributed by atoms with E-state index in [0.29, 0.717) is 12.4 Å². The van der Waals surface area contributed by atoms with Gasteiger partial charge in [-0.25, -0.2) is 0 Å². The number of furan rings is 1. The van der Waals surface area contributed by atoms with Crippen LogP contribution in [-0.4, -0.2) is 17.4 Å². The van der Waals surface area contributed by atoms with E-state index in [-0.39, 0.29) is 21.6 Å². The zero-order valence-electron chi connectivity index (χ0n) is 11.0. The lowest BCUT2D eigenvalue weighted by Gasteiger charge is -2.07. The summed E-state index contributed by atoms with van der Waals surface area (Å²) < 4.78 is 10.4. The number of nitrogens with one attached hydrogen (secondary N) is 1. The molecule has 0 fully saturated rings. The van der Waals surface area contributed by atoms with E-state index in [9.17, 15) is 14.9 Å². The molecule has 110 valence electrons. The van der Waals surface area contributed by atoms with E-state index in [2.05, 4.69) is 21.2 Å². The fourth-order valence-electron chi connectivity index (χ4n) is 1.67. The van der Waals surface area contributed by atoms with Gasteiger partial charge in [-0.05, 0) is 41.1 Å². The first-order chi connectivity index (χ1) is 10.0. The Morgan fingerprint density at radius 2 is 2.24 bits per heavy atom. The second-order valence-electron chi connectivity index (χ2n) is 3.93. The van der Waals surface area contributed by atoms with Gasteiger partial charge in [-0.2, -0.15) is 0 Å². The minimum atomic E-state index is -0.581. The van der Waals surface area contributed by atoms with Crippen molar-refractivity contribution in [3.05, 3.63) is 50.9 Å². The molecule has 0 spiro atoms. The lowest BCUT2D eigenvalue weighted by molar-refractivity contribution is -0.384. The summed E-state index contributed by atoms with van der Waals surface area (Å²) in [5.41, 5.74) is 0.0913. The molecule has 0 bridgehead atoms. The predicted molar refractivity (Wildman–Crippen MR) is 78.6 cm³/mol. The van der Waals surface area contributed by atoms with E-state index in [1.54, 1.807) is 13.0 Å². The Balaban J connectivity index is 2.29. The van der Waals surface area contributed by atoms with Gasteiger partial charge in [0.1, 0.15) is 11.4 Å². The van der Waals surface area contributed by atoms with Crippen molar-refractivity contribution in [1.29, 1.82) is 0 Å². The minimum Gasteiger partial charge on any atom is -0.494 e. The molecule has 2 rings (SSSR count). The van der Waals surface area contributed by atoms with Gasteiger partial charge in [0.25, 0.3) is 11.6 Å². The van der Waals surface area contributed by atoms with Crippen molar-refractivity contribution >= 4 is 33.2 Å². The summed E-state index contributed by atoms with van der Waals surface area (Å²) in [5.74, 6) is -0.144. The first-order valence-corrected chi connectivity index (χ1v) is 6.77. The van der Waals surface area contributed by atoms with E-state index < -0.39 is 10.8 Å². The summed E-state index contributed by atoms with van der Waals surface area (Å²) in [5, 5.41) is 13.6. The maximum Gasteiger partial charge on any atom is 0.296 e. The van der Waals surface area contributed by atoms with E-state index >= 15 is 0 Å². The highest BCUT2D eigenvalue weighted by molar-refractivity contribution is 9.10. The number of anilines is 1. The third kappa shape index (κ3) is 3.40. The number of nitro groups is 1. The highest BCUT2D eigenvalue weighted by atomic mass is 79.9. The summed E-state index contributed by atoms with van der Waals surface area (Å²) in [4.78, 5) is 22.5. The van der Waals surface area contributed by atoms with Crippen molar-refractivity contribution in [1.82, 2.24) is 0 Å². The number of hydrogen-bond acceptors (Lipinski definition) is 5. The van der Waals surface area contributed by atoms with Crippen LogP contribution in [0.25, 0.3) is 0 Å². The van der Waals surface area contributed by atoms with Gasteiger partial charge in [0.15, 0.2) is 4.67 Å². The zero-order valence-corrected chi connectivity index (χ0v) is 12.5. The SMILES string of the molecule is CCOc1ccc(NC(=O)c2ccoc2Br)c([N+](=O)[O-])c1. The average molecular weight is 355 g/mol. The maximum atomic E-state index is 12.0. The highest BCUT2D eigenvalue weighted by Crippen LogP contribution is 2.30. The smallest absolute Gasteiger partial charge is 0.296 e. The Bertz CT molecular complexity index is 683. The molecule has 8 heteroatoms. The number of nitro benzene ring substituents is 1.